The summed E-state index contributed by atoms with van der Waals surface area (Å²) in [6, 6.07) is 12.6. The summed E-state index contributed by atoms with van der Waals surface area (Å²) >= 11 is 18.5. The lowest BCUT2D eigenvalue weighted by molar-refractivity contribution is -0.124. The molecule has 1 fully saturated rings. The first-order chi connectivity index (χ1) is 11.1. The van der Waals surface area contributed by atoms with E-state index in [2.05, 4.69) is 4.98 Å². The number of carbonyl (C=O) groups excluding carboxylic acids is 1. The van der Waals surface area contributed by atoms with E-state index in [9.17, 15) is 4.79 Å². The minimum Gasteiger partial charge on any atom is -0.361 e. The van der Waals surface area contributed by atoms with E-state index >= 15 is 0 Å². The fraction of sp³-hybridized carbons (Fsp3) is 0.118. The van der Waals surface area contributed by atoms with Crippen LogP contribution >= 0.6 is 34.8 Å². The summed E-state index contributed by atoms with van der Waals surface area (Å²) in [6.45, 7) is 0. The van der Waals surface area contributed by atoms with Crippen LogP contribution in [0.2, 0.25) is 10.0 Å². The van der Waals surface area contributed by atoms with E-state index in [1.165, 1.54) is 0 Å². The third-order valence-electron chi connectivity index (χ3n) is 4.13. The zero-order valence-electron chi connectivity index (χ0n) is 11.8. The summed E-state index contributed by atoms with van der Waals surface area (Å²) in [7, 11) is 0. The first-order valence-corrected chi connectivity index (χ1v) is 8.24. The minimum absolute atomic E-state index is 0.0394. The number of anilines is 1. The Morgan fingerprint density at radius 1 is 1.09 bits per heavy atom. The molecular formula is C17H11Cl3N2O. The van der Waals surface area contributed by atoms with Crippen LogP contribution in [0.4, 0.5) is 5.69 Å². The standard InChI is InChI=1S/C17H11Cl3N2O/c18-9-5-6-14(12(19)7-9)22-15(16(23)17(22)20)11-8-21-13-4-2-1-3-10(11)13/h1-8,15,17,21H/t15-,17+/m1/s1. The molecular weight excluding hydrogens is 355 g/mol. The number of benzene rings is 2. The van der Waals surface area contributed by atoms with Crippen LogP contribution in [-0.4, -0.2) is 16.3 Å². The van der Waals surface area contributed by atoms with Gasteiger partial charge in [-0.3, -0.25) is 4.79 Å². The first-order valence-electron chi connectivity index (χ1n) is 7.05. The monoisotopic (exact) mass is 364 g/mol. The Kier molecular flexibility index (Phi) is 3.52. The first kappa shape index (κ1) is 14.9. The van der Waals surface area contributed by atoms with Gasteiger partial charge in [-0.25, -0.2) is 0 Å². The lowest BCUT2D eigenvalue weighted by Gasteiger charge is -2.45. The molecule has 0 radical (unpaired) electrons. The molecule has 0 amide bonds. The number of H-pyrrole nitrogens is 1. The maximum atomic E-state index is 12.4. The van der Waals surface area contributed by atoms with Gasteiger partial charge in [-0.15, -0.1) is 0 Å². The largest absolute Gasteiger partial charge is 0.361 e. The maximum absolute atomic E-state index is 12.4. The zero-order valence-corrected chi connectivity index (χ0v) is 14.0. The number of aromatic nitrogens is 1. The van der Waals surface area contributed by atoms with Crippen LogP contribution in [0.1, 0.15) is 11.6 Å². The Hall–Kier alpha value is -1.68. The summed E-state index contributed by atoms with van der Waals surface area (Å²) in [5.74, 6) is -0.0394. The molecule has 0 saturated carbocycles. The van der Waals surface area contributed by atoms with E-state index in [0.29, 0.717) is 15.7 Å². The van der Waals surface area contributed by atoms with Gasteiger partial charge in [-0.05, 0) is 24.3 Å². The molecule has 1 saturated heterocycles. The van der Waals surface area contributed by atoms with E-state index in [1.807, 2.05) is 35.4 Å². The van der Waals surface area contributed by atoms with Crippen LogP contribution in [-0.2, 0) is 4.79 Å². The van der Waals surface area contributed by atoms with Crippen molar-refractivity contribution in [3.05, 3.63) is 64.3 Å². The van der Waals surface area contributed by atoms with Gasteiger partial charge in [0, 0.05) is 27.7 Å². The predicted molar refractivity (Wildman–Crippen MR) is 94.6 cm³/mol. The van der Waals surface area contributed by atoms with Gasteiger partial charge in [-0.2, -0.15) is 0 Å². The number of nitrogens with zero attached hydrogens (tertiary/aromatic N) is 1. The third-order valence-corrected chi connectivity index (χ3v) is 5.09. The molecule has 3 aromatic rings. The van der Waals surface area contributed by atoms with Gasteiger partial charge in [0.05, 0.1) is 10.7 Å². The maximum Gasteiger partial charge on any atom is 0.197 e. The highest BCUT2D eigenvalue weighted by Crippen LogP contribution is 2.46. The molecule has 0 aliphatic carbocycles. The van der Waals surface area contributed by atoms with Crippen molar-refractivity contribution in [1.82, 2.24) is 4.98 Å². The number of ketones is 1. The molecule has 1 aliphatic rings. The second kappa shape index (κ2) is 5.45. The molecule has 6 heteroatoms. The van der Waals surface area contributed by atoms with Gasteiger partial charge in [0.2, 0.25) is 0 Å². The lowest BCUT2D eigenvalue weighted by Crippen LogP contribution is -2.56. The number of hydrogen-bond acceptors (Lipinski definition) is 2. The summed E-state index contributed by atoms with van der Waals surface area (Å²) in [6.07, 6.45) is 1.85. The highest BCUT2D eigenvalue weighted by Gasteiger charge is 2.48. The van der Waals surface area contributed by atoms with E-state index in [0.717, 1.165) is 16.5 Å². The van der Waals surface area contributed by atoms with Crippen molar-refractivity contribution in [1.29, 1.82) is 0 Å². The molecule has 0 bridgehead atoms. The molecule has 23 heavy (non-hydrogen) atoms. The van der Waals surface area contributed by atoms with E-state index < -0.39 is 11.5 Å². The molecule has 0 unspecified atom stereocenters. The number of hydrogen-bond donors (Lipinski definition) is 1. The van der Waals surface area contributed by atoms with Crippen molar-refractivity contribution in [2.75, 3.05) is 4.90 Å². The molecule has 2 aromatic carbocycles. The number of aromatic amines is 1. The summed E-state index contributed by atoms with van der Waals surface area (Å²) in [5.41, 5.74) is 1.85. The van der Waals surface area contributed by atoms with Crippen molar-refractivity contribution in [3.63, 3.8) is 0 Å². The van der Waals surface area contributed by atoms with Crippen molar-refractivity contribution in [2.24, 2.45) is 0 Å². The molecule has 4 rings (SSSR count). The Labute approximate surface area is 147 Å². The van der Waals surface area contributed by atoms with Crippen molar-refractivity contribution >= 4 is 57.2 Å². The lowest BCUT2D eigenvalue weighted by atomic mass is 9.91. The van der Waals surface area contributed by atoms with Crippen molar-refractivity contribution < 1.29 is 4.79 Å². The minimum atomic E-state index is -0.729. The number of fused-ring (bicyclic) bond motifs is 1. The molecule has 0 spiro atoms. The number of para-hydroxylation sites is 1. The van der Waals surface area contributed by atoms with E-state index in [4.69, 9.17) is 34.8 Å². The molecule has 2 atom stereocenters. The van der Waals surface area contributed by atoms with Gasteiger partial charge in [0.15, 0.2) is 11.3 Å². The summed E-state index contributed by atoms with van der Waals surface area (Å²) in [4.78, 5) is 17.4. The van der Waals surface area contributed by atoms with Gasteiger partial charge >= 0.3 is 0 Å². The van der Waals surface area contributed by atoms with Crippen LogP contribution in [0.5, 0.6) is 0 Å². The molecule has 1 N–H and O–H groups in total. The van der Waals surface area contributed by atoms with Gasteiger partial charge in [-0.1, -0.05) is 53.0 Å². The van der Waals surface area contributed by atoms with Gasteiger partial charge in [0.25, 0.3) is 0 Å². The Morgan fingerprint density at radius 2 is 1.87 bits per heavy atom. The predicted octanol–water partition coefficient (Wildman–Crippen LogP) is 5.17. The number of carbonyl (C=O) groups is 1. The number of alkyl halides is 1. The molecule has 3 nitrogen and oxygen atoms in total. The second-order valence-electron chi connectivity index (χ2n) is 5.43. The second-order valence-corrected chi connectivity index (χ2v) is 6.69. The number of Topliss-reactive ketones (excluding diaryl/α,β-unsaturated/α-hetero) is 1. The highest BCUT2D eigenvalue weighted by molar-refractivity contribution is 6.40. The number of halogens is 3. The Bertz CT molecular complexity index is 921. The normalized spacial score (nSPS) is 20.8. The summed E-state index contributed by atoms with van der Waals surface area (Å²) in [5, 5.41) is 2.02. The molecule has 1 aromatic heterocycles. The zero-order chi connectivity index (χ0) is 16.1. The third kappa shape index (κ3) is 2.23. The van der Waals surface area contributed by atoms with Crippen molar-refractivity contribution in [3.8, 4) is 0 Å². The van der Waals surface area contributed by atoms with Gasteiger partial charge < -0.3 is 9.88 Å². The average Bonchev–Trinajstić information content (AvgIpc) is 2.96. The molecule has 1 aliphatic heterocycles. The average molecular weight is 366 g/mol. The fourth-order valence-corrected chi connectivity index (χ4v) is 3.87. The fourth-order valence-electron chi connectivity index (χ4n) is 3.03. The quantitative estimate of drug-likeness (QED) is 0.502. The SMILES string of the molecule is O=C1[C@@H](Cl)N(c2ccc(Cl)cc2Cl)[C@@H]1c1c[nH]c2ccccc12. The van der Waals surface area contributed by atoms with Crippen LogP contribution in [0.25, 0.3) is 10.9 Å². The highest BCUT2D eigenvalue weighted by atomic mass is 35.5. The van der Waals surface area contributed by atoms with Crippen LogP contribution in [0, 0.1) is 0 Å². The van der Waals surface area contributed by atoms with Crippen LogP contribution < -0.4 is 4.90 Å². The summed E-state index contributed by atoms with van der Waals surface area (Å²) < 4.78 is 0. The van der Waals surface area contributed by atoms with E-state index in [1.54, 1.807) is 18.2 Å². The Balaban J connectivity index is 1.82. The Morgan fingerprint density at radius 3 is 2.65 bits per heavy atom. The smallest absolute Gasteiger partial charge is 0.197 e. The topological polar surface area (TPSA) is 36.1 Å². The van der Waals surface area contributed by atoms with Crippen LogP contribution in [0.3, 0.4) is 0 Å². The number of rotatable bonds is 2. The molecule has 116 valence electrons. The molecule has 2 heterocycles. The number of nitrogens with one attached hydrogen (secondary N) is 1. The van der Waals surface area contributed by atoms with Gasteiger partial charge in [0.1, 0.15) is 6.04 Å². The van der Waals surface area contributed by atoms with Crippen LogP contribution in [0.15, 0.2) is 48.7 Å². The van der Waals surface area contributed by atoms with Crippen molar-refractivity contribution in [2.45, 2.75) is 11.5 Å². The van der Waals surface area contributed by atoms with E-state index in [-0.39, 0.29) is 5.78 Å².